The van der Waals surface area contributed by atoms with Crippen LogP contribution in [-0.2, 0) is 0 Å². The second kappa shape index (κ2) is 4.87. The number of hydrogen-bond acceptors (Lipinski definition) is 2. The molecule has 0 radical (unpaired) electrons. The van der Waals surface area contributed by atoms with Gasteiger partial charge in [-0.3, -0.25) is 0 Å². The normalized spacial score (nSPS) is 19.7. The Bertz CT molecular complexity index is 437. The summed E-state index contributed by atoms with van der Waals surface area (Å²) in [6, 6.07) is 0.391. The van der Waals surface area contributed by atoms with E-state index >= 15 is 0 Å². The van der Waals surface area contributed by atoms with Crippen LogP contribution in [0.15, 0.2) is 0 Å². The van der Waals surface area contributed by atoms with Gasteiger partial charge in [-0.15, -0.1) is 0 Å². The van der Waals surface area contributed by atoms with Crippen LogP contribution in [0.25, 0.3) is 0 Å². The van der Waals surface area contributed by atoms with Gasteiger partial charge in [0.1, 0.15) is 5.75 Å². The Hall–Kier alpha value is -0.730. The van der Waals surface area contributed by atoms with Gasteiger partial charge >= 0.3 is 0 Å². The lowest BCUT2D eigenvalue weighted by Crippen LogP contribution is -2.16. The predicted molar refractivity (Wildman–Crippen MR) is 72.2 cm³/mol. The molecule has 1 aromatic carbocycles. The van der Waals surface area contributed by atoms with E-state index in [1.165, 1.54) is 12.0 Å². The predicted octanol–water partition coefficient (Wildman–Crippen LogP) is 3.70. The number of benzene rings is 1. The standard InChI is InChI=1S/C14H20ClNO/c1-8-9(2)14(17-4)12(10(3)13(8)15)11-6-5-7-16-11/h11,16H,5-7H2,1-4H3. The SMILES string of the molecule is COc1c(C)c(C)c(Cl)c(C)c1C1CCCN1. The van der Waals surface area contributed by atoms with Crippen molar-refractivity contribution in [3.05, 3.63) is 27.3 Å². The van der Waals surface area contributed by atoms with Gasteiger partial charge in [0.2, 0.25) is 0 Å². The van der Waals surface area contributed by atoms with Gasteiger partial charge in [0.15, 0.2) is 0 Å². The summed E-state index contributed by atoms with van der Waals surface area (Å²) in [6.45, 7) is 7.31. The third-order valence-electron chi connectivity index (χ3n) is 3.82. The summed E-state index contributed by atoms with van der Waals surface area (Å²) in [5.74, 6) is 1.00. The molecule has 1 aliphatic rings. The van der Waals surface area contributed by atoms with Gasteiger partial charge in [0, 0.05) is 16.6 Å². The highest BCUT2D eigenvalue weighted by Gasteiger charge is 2.25. The fourth-order valence-electron chi connectivity index (χ4n) is 2.72. The fraction of sp³-hybridized carbons (Fsp3) is 0.571. The molecule has 1 atom stereocenters. The molecule has 2 nitrogen and oxygen atoms in total. The van der Waals surface area contributed by atoms with Crippen LogP contribution in [0.3, 0.4) is 0 Å². The van der Waals surface area contributed by atoms with Gasteiger partial charge in [-0.1, -0.05) is 11.6 Å². The van der Waals surface area contributed by atoms with Crippen molar-refractivity contribution >= 4 is 11.6 Å². The molecule has 1 aliphatic heterocycles. The molecule has 2 rings (SSSR count). The van der Waals surface area contributed by atoms with Crippen molar-refractivity contribution in [2.75, 3.05) is 13.7 Å². The van der Waals surface area contributed by atoms with Gasteiger partial charge < -0.3 is 10.1 Å². The zero-order valence-corrected chi connectivity index (χ0v) is 11.7. The number of nitrogens with one attached hydrogen (secondary N) is 1. The van der Waals surface area contributed by atoms with Gasteiger partial charge in [-0.2, -0.15) is 0 Å². The molecule has 1 aromatic rings. The highest BCUT2D eigenvalue weighted by Crippen LogP contribution is 2.41. The molecule has 0 amide bonds. The molecule has 0 bridgehead atoms. The lowest BCUT2D eigenvalue weighted by Gasteiger charge is -2.22. The average molecular weight is 254 g/mol. The molecule has 1 saturated heterocycles. The summed E-state index contributed by atoms with van der Waals surface area (Å²) >= 11 is 6.41. The van der Waals surface area contributed by atoms with E-state index in [4.69, 9.17) is 16.3 Å². The van der Waals surface area contributed by atoms with Crippen LogP contribution in [-0.4, -0.2) is 13.7 Å². The minimum atomic E-state index is 0.391. The smallest absolute Gasteiger partial charge is 0.127 e. The summed E-state index contributed by atoms with van der Waals surface area (Å²) in [6.07, 6.45) is 2.38. The maximum atomic E-state index is 6.41. The topological polar surface area (TPSA) is 21.3 Å². The van der Waals surface area contributed by atoms with Crippen molar-refractivity contribution < 1.29 is 4.74 Å². The Kier molecular flexibility index (Phi) is 3.64. The zero-order valence-electron chi connectivity index (χ0n) is 11.0. The Labute approximate surface area is 108 Å². The summed E-state index contributed by atoms with van der Waals surface area (Å²) in [7, 11) is 1.74. The highest BCUT2D eigenvalue weighted by molar-refractivity contribution is 6.32. The summed E-state index contributed by atoms with van der Waals surface area (Å²) < 4.78 is 5.61. The van der Waals surface area contributed by atoms with E-state index in [0.717, 1.165) is 40.4 Å². The zero-order chi connectivity index (χ0) is 12.6. The number of hydrogen-bond donors (Lipinski definition) is 1. The number of ether oxygens (including phenoxy) is 1. The molecular formula is C14H20ClNO. The van der Waals surface area contributed by atoms with Crippen molar-refractivity contribution in [1.82, 2.24) is 5.32 Å². The number of methoxy groups -OCH3 is 1. The lowest BCUT2D eigenvalue weighted by molar-refractivity contribution is 0.399. The molecule has 0 aromatic heterocycles. The maximum absolute atomic E-state index is 6.41. The van der Waals surface area contributed by atoms with E-state index in [-0.39, 0.29) is 0 Å². The Morgan fingerprint density at radius 3 is 2.41 bits per heavy atom. The van der Waals surface area contributed by atoms with E-state index in [9.17, 15) is 0 Å². The van der Waals surface area contributed by atoms with Crippen molar-refractivity contribution in [2.45, 2.75) is 39.7 Å². The number of halogens is 1. The van der Waals surface area contributed by atoms with Crippen LogP contribution >= 0.6 is 11.6 Å². The van der Waals surface area contributed by atoms with Gasteiger partial charge in [0.05, 0.1) is 7.11 Å². The molecule has 1 N–H and O–H groups in total. The third kappa shape index (κ3) is 2.04. The van der Waals surface area contributed by atoms with Gasteiger partial charge in [-0.05, 0) is 56.8 Å². The van der Waals surface area contributed by atoms with Crippen LogP contribution in [0.1, 0.15) is 41.1 Å². The maximum Gasteiger partial charge on any atom is 0.127 e. The highest BCUT2D eigenvalue weighted by atomic mass is 35.5. The van der Waals surface area contributed by atoms with Gasteiger partial charge in [-0.25, -0.2) is 0 Å². The van der Waals surface area contributed by atoms with E-state index in [1.807, 2.05) is 0 Å². The number of rotatable bonds is 2. The van der Waals surface area contributed by atoms with Gasteiger partial charge in [0.25, 0.3) is 0 Å². The monoisotopic (exact) mass is 253 g/mol. The molecule has 3 heteroatoms. The largest absolute Gasteiger partial charge is 0.496 e. The Balaban J connectivity index is 2.62. The molecule has 1 heterocycles. The van der Waals surface area contributed by atoms with E-state index in [0.29, 0.717) is 6.04 Å². The molecule has 0 spiro atoms. The van der Waals surface area contributed by atoms with Crippen LogP contribution in [0.4, 0.5) is 0 Å². The molecule has 94 valence electrons. The van der Waals surface area contributed by atoms with E-state index < -0.39 is 0 Å². The summed E-state index contributed by atoms with van der Waals surface area (Å²) in [5.41, 5.74) is 4.69. The van der Waals surface area contributed by atoms with Crippen LogP contribution < -0.4 is 10.1 Å². The Morgan fingerprint density at radius 2 is 1.88 bits per heavy atom. The first-order chi connectivity index (χ1) is 8.07. The second-order valence-corrected chi connectivity index (χ2v) is 5.16. The molecular weight excluding hydrogens is 234 g/mol. The molecule has 17 heavy (non-hydrogen) atoms. The third-order valence-corrected chi connectivity index (χ3v) is 4.39. The molecule has 1 fully saturated rings. The first kappa shape index (κ1) is 12.7. The molecule has 1 unspecified atom stereocenters. The quantitative estimate of drug-likeness (QED) is 0.868. The van der Waals surface area contributed by atoms with Crippen molar-refractivity contribution in [3.8, 4) is 5.75 Å². The molecule has 0 aliphatic carbocycles. The van der Waals surface area contributed by atoms with Crippen molar-refractivity contribution in [3.63, 3.8) is 0 Å². The lowest BCUT2D eigenvalue weighted by atomic mass is 9.93. The summed E-state index contributed by atoms with van der Waals surface area (Å²) in [4.78, 5) is 0. The van der Waals surface area contributed by atoms with E-state index in [1.54, 1.807) is 7.11 Å². The average Bonchev–Trinajstić information content (AvgIpc) is 2.84. The van der Waals surface area contributed by atoms with Crippen molar-refractivity contribution in [1.29, 1.82) is 0 Å². The van der Waals surface area contributed by atoms with Crippen LogP contribution in [0, 0.1) is 20.8 Å². The van der Waals surface area contributed by atoms with Crippen molar-refractivity contribution in [2.24, 2.45) is 0 Å². The minimum Gasteiger partial charge on any atom is -0.496 e. The fourth-order valence-corrected chi connectivity index (χ4v) is 2.96. The molecule has 0 saturated carbocycles. The minimum absolute atomic E-state index is 0.391. The Morgan fingerprint density at radius 1 is 1.18 bits per heavy atom. The second-order valence-electron chi connectivity index (χ2n) is 4.78. The van der Waals surface area contributed by atoms with E-state index in [2.05, 4.69) is 26.1 Å². The van der Waals surface area contributed by atoms with Crippen LogP contribution in [0.2, 0.25) is 5.02 Å². The first-order valence-corrected chi connectivity index (χ1v) is 6.52. The van der Waals surface area contributed by atoms with Crippen LogP contribution in [0.5, 0.6) is 5.75 Å². The summed E-state index contributed by atoms with van der Waals surface area (Å²) in [5, 5.41) is 4.41. The first-order valence-electron chi connectivity index (χ1n) is 6.14.